The lowest BCUT2D eigenvalue weighted by Gasteiger charge is -2.06. The fourth-order valence-corrected chi connectivity index (χ4v) is 1.93. The van der Waals surface area contributed by atoms with Gasteiger partial charge in [-0.05, 0) is 17.7 Å². The van der Waals surface area contributed by atoms with Crippen LogP contribution < -0.4 is 0 Å². The second kappa shape index (κ2) is 6.64. The van der Waals surface area contributed by atoms with Gasteiger partial charge in [0.2, 0.25) is 0 Å². The van der Waals surface area contributed by atoms with E-state index in [1.165, 1.54) is 0 Å². The van der Waals surface area contributed by atoms with Crippen molar-refractivity contribution in [3.05, 3.63) is 67.4 Å². The molecule has 2 aromatic rings. The van der Waals surface area contributed by atoms with Crippen molar-refractivity contribution in [3.63, 3.8) is 0 Å². The lowest BCUT2D eigenvalue weighted by molar-refractivity contribution is -0.385. The topological polar surface area (TPSA) is 82.3 Å². The van der Waals surface area contributed by atoms with Gasteiger partial charge in [0.15, 0.2) is 0 Å². The quantitative estimate of drug-likeness (QED) is 0.354. The van der Waals surface area contributed by atoms with E-state index in [9.17, 15) is 14.9 Å². The third kappa shape index (κ3) is 3.99. The second-order valence-electron chi connectivity index (χ2n) is 3.99. The van der Waals surface area contributed by atoms with E-state index in [-0.39, 0.29) is 23.0 Å². The maximum absolute atomic E-state index is 11.9. The van der Waals surface area contributed by atoms with Crippen molar-refractivity contribution in [1.82, 2.24) is 4.98 Å². The molecule has 1 aromatic carbocycles. The van der Waals surface area contributed by atoms with Crippen LogP contribution in [0.4, 0.5) is 5.69 Å². The molecule has 0 aliphatic rings. The molecule has 0 fully saturated rings. The summed E-state index contributed by atoms with van der Waals surface area (Å²) >= 11 is 9.05. The number of carbonyl (C=O) groups is 1. The van der Waals surface area contributed by atoms with E-state index in [0.717, 1.165) is 22.3 Å². The van der Waals surface area contributed by atoms with Gasteiger partial charge in [0.25, 0.3) is 5.69 Å². The van der Waals surface area contributed by atoms with E-state index in [0.29, 0.717) is 0 Å². The highest BCUT2D eigenvalue weighted by atomic mass is 79.9. The number of hydrogen-bond acceptors (Lipinski definition) is 5. The van der Waals surface area contributed by atoms with Gasteiger partial charge in [-0.2, -0.15) is 0 Å². The molecule has 0 unspecified atom stereocenters. The molecule has 0 saturated carbocycles. The normalized spacial score (nSPS) is 10.2. The van der Waals surface area contributed by atoms with Gasteiger partial charge in [-0.25, -0.2) is 9.78 Å². The van der Waals surface area contributed by atoms with Gasteiger partial charge >= 0.3 is 5.97 Å². The number of aromatic nitrogens is 1. The zero-order valence-corrected chi connectivity index (χ0v) is 12.8. The fraction of sp³-hybridized carbons (Fsp3) is 0.0769. The Kier molecular flexibility index (Phi) is 4.87. The van der Waals surface area contributed by atoms with Crippen molar-refractivity contribution in [1.29, 1.82) is 0 Å². The highest BCUT2D eigenvalue weighted by Gasteiger charge is 2.18. The maximum atomic E-state index is 11.9. The number of pyridine rings is 1. The highest BCUT2D eigenvalue weighted by Crippen LogP contribution is 2.20. The van der Waals surface area contributed by atoms with E-state index in [1.54, 1.807) is 12.1 Å². The number of carbonyl (C=O) groups excluding carboxylic acids is 1. The monoisotopic (exact) mass is 370 g/mol. The van der Waals surface area contributed by atoms with Gasteiger partial charge in [0.05, 0.1) is 4.92 Å². The summed E-state index contributed by atoms with van der Waals surface area (Å²) in [5.74, 6) is -0.765. The van der Waals surface area contributed by atoms with Gasteiger partial charge in [-0.15, -0.1) is 0 Å². The molecule has 0 spiro atoms. The zero-order valence-electron chi connectivity index (χ0n) is 10.5. The first-order valence-electron chi connectivity index (χ1n) is 5.69. The van der Waals surface area contributed by atoms with Crippen LogP contribution in [0.25, 0.3) is 0 Å². The molecular formula is C13H8BrClN2O4. The number of esters is 1. The molecule has 0 aliphatic heterocycles. The van der Waals surface area contributed by atoms with Crippen LogP contribution in [0.1, 0.15) is 15.9 Å². The predicted octanol–water partition coefficient (Wildman–Crippen LogP) is 3.76. The summed E-state index contributed by atoms with van der Waals surface area (Å²) in [6.07, 6.45) is 0.980. The third-order valence-corrected chi connectivity index (χ3v) is 3.37. The molecule has 2 rings (SSSR count). The van der Waals surface area contributed by atoms with Crippen LogP contribution in [0, 0.1) is 10.1 Å². The number of nitrogens with zero attached hydrogens (tertiary/aromatic N) is 2. The minimum atomic E-state index is -0.765. The van der Waals surface area contributed by atoms with Gasteiger partial charge in [-0.1, -0.05) is 39.7 Å². The first kappa shape index (κ1) is 15.4. The molecule has 1 heterocycles. The molecule has 0 atom stereocenters. The molecule has 108 valence electrons. The average molecular weight is 372 g/mol. The van der Waals surface area contributed by atoms with Crippen LogP contribution in [-0.4, -0.2) is 15.9 Å². The zero-order chi connectivity index (χ0) is 15.4. The molecule has 6 nitrogen and oxygen atoms in total. The Morgan fingerprint density at radius 1 is 1.38 bits per heavy atom. The van der Waals surface area contributed by atoms with Crippen molar-refractivity contribution in [2.75, 3.05) is 0 Å². The fourth-order valence-electron chi connectivity index (χ4n) is 1.49. The number of halogens is 2. The Morgan fingerprint density at radius 2 is 2.05 bits per heavy atom. The molecule has 0 bridgehead atoms. The van der Waals surface area contributed by atoms with Crippen LogP contribution in [0.2, 0.25) is 5.15 Å². The third-order valence-electron chi connectivity index (χ3n) is 2.54. The average Bonchev–Trinajstić information content (AvgIpc) is 2.46. The van der Waals surface area contributed by atoms with Crippen molar-refractivity contribution in [3.8, 4) is 0 Å². The molecule has 0 N–H and O–H groups in total. The molecule has 0 aliphatic carbocycles. The molecule has 0 radical (unpaired) electrons. The van der Waals surface area contributed by atoms with Gasteiger partial charge in [0.1, 0.15) is 23.5 Å². The van der Waals surface area contributed by atoms with Crippen molar-refractivity contribution in [2.45, 2.75) is 6.61 Å². The van der Waals surface area contributed by atoms with E-state index < -0.39 is 10.9 Å². The van der Waals surface area contributed by atoms with Crippen LogP contribution in [0.15, 0.2) is 41.0 Å². The predicted molar refractivity (Wildman–Crippen MR) is 79.2 cm³/mol. The molecule has 0 saturated heterocycles. The van der Waals surface area contributed by atoms with E-state index in [1.807, 2.05) is 12.1 Å². The first-order valence-corrected chi connectivity index (χ1v) is 6.86. The van der Waals surface area contributed by atoms with Gasteiger partial charge < -0.3 is 4.74 Å². The number of benzene rings is 1. The van der Waals surface area contributed by atoms with E-state index in [2.05, 4.69) is 20.9 Å². The Morgan fingerprint density at radius 3 is 2.67 bits per heavy atom. The Hall–Kier alpha value is -1.99. The molecule has 1 aromatic heterocycles. The summed E-state index contributed by atoms with van der Waals surface area (Å²) < 4.78 is 5.97. The number of nitro groups is 1. The van der Waals surface area contributed by atoms with Gasteiger partial charge in [-0.3, -0.25) is 10.1 Å². The standard InChI is InChI=1S/C13H8BrClN2O4/c14-9-3-1-8(2-4-9)7-21-13(18)11-5-10(17(19)20)6-16-12(11)15/h1-6H,7H2. The minimum Gasteiger partial charge on any atom is -0.457 e. The molecular weight excluding hydrogens is 364 g/mol. The van der Waals surface area contributed by atoms with Gasteiger partial charge in [0, 0.05) is 10.5 Å². The highest BCUT2D eigenvalue weighted by molar-refractivity contribution is 9.10. The first-order chi connectivity index (χ1) is 9.97. The molecule has 0 amide bonds. The smallest absolute Gasteiger partial charge is 0.341 e. The summed E-state index contributed by atoms with van der Waals surface area (Å²) in [6, 6.07) is 8.23. The van der Waals surface area contributed by atoms with Crippen molar-refractivity contribution in [2.24, 2.45) is 0 Å². The SMILES string of the molecule is O=C(OCc1ccc(Br)cc1)c1cc([N+](=O)[O-])cnc1Cl. The second-order valence-corrected chi connectivity index (χ2v) is 5.27. The van der Waals surface area contributed by atoms with Crippen molar-refractivity contribution < 1.29 is 14.5 Å². The summed E-state index contributed by atoms with van der Waals surface area (Å²) in [4.78, 5) is 25.5. The largest absolute Gasteiger partial charge is 0.457 e. The number of hydrogen-bond donors (Lipinski definition) is 0. The molecule has 21 heavy (non-hydrogen) atoms. The van der Waals surface area contributed by atoms with E-state index >= 15 is 0 Å². The lowest BCUT2D eigenvalue weighted by Crippen LogP contribution is -2.07. The Bertz CT molecular complexity index is 691. The summed E-state index contributed by atoms with van der Waals surface area (Å²) in [5.41, 5.74) is 0.319. The Labute approximate surface area is 133 Å². The van der Waals surface area contributed by atoms with Crippen LogP contribution in [0.3, 0.4) is 0 Å². The van der Waals surface area contributed by atoms with Crippen LogP contribution in [0.5, 0.6) is 0 Å². The van der Waals surface area contributed by atoms with Crippen LogP contribution in [-0.2, 0) is 11.3 Å². The minimum absolute atomic E-state index is 0.0329. The maximum Gasteiger partial charge on any atom is 0.341 e. The van der Waals surface area contributed by atoms with Crippen molar-refractivity contribution >= 4 is 39.2 Å². The summed E-state index contributed by atoms with van der Waals surface area (Å²) in [5, 5.41) is 10.5. The summed E-state index contributed by atoms with van der Waals surface area (Å²) in [6.45, 7) is 0.0329. The Balaban J connectivity index is 2.11. The van der Waals surface area contributed by atoms with Crippen LogP contribution >= 0.6 is 27.5 Å². The number of ether oxygens (including phenoxy) is 1. The summed E-state index contributed by atoms with van der Waals surface area (Å²) in [7, 11) is 0. The number of rotatable bonds is 4. The van der Waals surface area contributed by atoms with E-state index in [4.69, 9.17) is 16.3 Å². The molecule has 8 heteroatoms. The lowest BCUT2D eigenvalue weighted by atomic mass is 10.2.